The number of hydrogen-bond donors (Lipinski definition) is 0. The average Bonchev–Trinajstić information content (AvgIpc) is 3.06. The Labute approximate surface area is 189 Å². The Balaban J connectivity index is 2.12. The Kier molecular flexibility index (Phi) is 5.80. The van der Waals surface area contributed by atoms with Gasteiger partial charge in [-0.25, -0.2) is 9.97 Å². The van der Waals surface area contributed by atoms with Gasteiger partial charge < -0.3 is 14.2 Å². The summed E-state index contributed by atoms with van der Waals surface area (Å²) in [5.41, 5.74) is 2.41. The zero-order chi connectivity index (χ0) is 23.0. The SMILES string of the molecule is CCOC(=O)C(C(=O)N(C)C)c1nc(-c2ccncc2)nc2c1c1ccc(Cl)cc1n2C. The molecule has 8 nitrogen and oxygen atoms in total. The fourth-order valence-electron chi connectivity index (χ4n) is 3.73. The molecule has 0 radical (unpaired) electrons. The van der Waals surface area contributed by atoms with Crippen molar-refractivity contribution >= 4 is 45.4 Å². The molecule has 0 N–H and O–H groups in total. The van der Waals surface area contributed by atoms with Crippen LogP contribution in [0.1, 0.15) is 18.5 Å². The van der Waals surface area contributed by atoms with Crippen LogP contribution in [0.25, 0.3) is 33.3 Å². The predicted octanol–water partition coefficient (Wildman–Crippen LogP) is 3.57. The van der Waals surface area contributed by atoms with Gasteiger partial charge in [0.15, 0.2) is 11.7 Å². The number of esters is 1. The van der Waals surface area contributed by atoms with Gasteiger partial charge in [0, 0.05) is 54.9 Å². The van der Waals surface area contributed by atoms with Crippen LogP contribution in [-0.4, -0.2) is 57.0 Å². The quantitative estimate of drug-likeness (QED) is 0.340. The number of hydrogen-bond acceptors (Lipinski definition) is 6. The van der Waals surface area contributed by atoms with Crippen molar-refractivity contribution in [3.05, 3.63) is 53.4 Å². The molecule has 1 atom stereocenters. The number of rotatable bonds is 5. The van der Waals surface area contributed by atoms with Crippen LogP contribution < -0.4 is 0 Å². The Hall–Kier alpha value is -3.52. The van der Waals surface area contributed by atoms with E-state index in [1.807, 2.05) is 23.7 Å². The standard InChI is InChI=1S/C23H22ClN5O3/c1-5-32-23(31)18(22(30)28(2)3)19-17-15-7-6-14(24)12-16(15)29(4)21(17)27-20(26-19)13-8-10-25-11-9-13/h6-12,18H,5H2,1-4H3. The molecule has 3 heterocycles. The molecule has 0 spiro atoms. The Morgan fingerprint density at radius 3 is 2.53 bits per heavy atom. The normalized spacial score (nSPS) is 12.2. The topological polar surface area (TPSA) is 90.2 Å². The number of likely N-dealkylation sites (N-methyl/N-ethyl adjacent to an activating group) is 1. The summed E-state index contributed by atoms with van der Waals surface area (Å²) in [6.45, 7) is 1.85. The zero-order valence-corrected chi connectivity index (χ0v) is 18.9. The minimum Gasteiger partial charge on any atom is -0.465 e. The van der Waals surface area contributed by atoms with Crippen molar-refractivity contribution < 1.29 is 14.3 Å². The molecule has 0 saturated carbocycles. The number of halogens is 1. The molecule has 0 saturated heterocycles. The summed E-state index contributed by atoms with van der Waals surface area (Å²) in [6.07, 6.45) is 3.27. The summed E-state index contributed by atoms with van der Waals surface area (Å²) in [4.78, 5) is 41.1. The first-order chi connectivity index (χ1) is 15.3. The lowest BCUT2D eigenvalue weighted by atomic mass is 9.99. The fourth-order valence-corrected chi connectivity index (χ4v) is 3.89. The Morgan fingerprint density at radius 1 is 1.16 bits per heavy atom. The molecular weight excluding hydrogens is 430 g/mol. The van der Waals surface area contributed by atoms with Crippen molar-refractivity contribution in [1.82, 2.24) is 24.4 Å². The monoisotopic (exact) mass is 451 g/mol. The van der Waals surface area contributed by atoms with E-state index in [-0.39, 0.29) is 6.61 Å². The van der Waals surface area contributed by atoms with Crippen LogP contribution in [0.4, 0.5) is 0 Å². The first-order valence-electron chi connectivity index (χ1n) is 10.1. The van der Waals surface area contributed by atoms with E-state index in [4.69, 9.17) is 26.3 Å². The highest BCUT2D eigenvalue weighted by atomic mass is 35.5. The lowest BCUT2D eigenvalue weighted by Gasteiger charge is -2.20. The van der Waals surface area contributed by atoms with E-state index >= 15 is 0 Å². The maximum atomic E-state index is 13.2. The maximum absolute atomic E-state index is 13.2. The smallest absolute Gasteiger partial charge is 0.324 e. The number of aryl methyl sites for hydroxylation is 1. The molecule has 3 aromatic heterocycles. The third-order valence-corrected chi connectivity index (χ3v) is 5.48. The van der Waals surface area contributed by atoms with Crippen LogP contribution in [0, 0.1) is 0 Å². The number of nitrogens with zero attached hydrogens (tertiary/aromatic N) is 5. The molecule has 0 aliphatic carbocycles. The highest BCUT2D eigenvalue weighted by molar-refractivity contribution is 6.31. The lowest BCUT2D eigenvalue weighted by Crippen LogP contribution is -2.34. The van der Waals surface area contributed by atoms with Crippen molar-refractivity contribution in [3.8, 4) is 11.4 Å². The number of ether oxygens (including phenoxy) is 1. The van der Waals surface area contributed by atoms with E-state index in [0.717, 1.165) is 10.9 Å². The van der Waals surface area contributed by atoms with Crippen molar-refractivity contribution in [2.75, 3.05) is 20.7 Å². The number of aromatic nitrogens is 4. The van der Waals surface area contributed by atoms with E-state index in [0.29, 0.717) is 33.1 Å². The van der Waals surface area contributed by atoms with Gasteiger partial charge in [0.2, 0.25) is 5.91 Å². The van der Waals surface area contributed by atoms with E-state index < -0.39 is 17.8 Å². The molecule has 164 valence electrons. The molecule has 1 amide bonds. The Morgan fingerprint density at radius 2 is 1.88 bits per heavy atom. The minimum atomic E-state index is -1.24. The largest absolute Gasteiger partial charge is 0.465 e. The van der Waals surface area contributed by atoms with E-state index in [2.05, 4.69) is 4.98 Å². The van der Waals surface area contributed by atoms with Crippen molar-refractivity contribution in [1.29, 1.82) is 0 Å². The van der Waals surface area contributed by atoms with Gasteiger partial charge in [0.1, 0.15) is 5.65 Å². The van der Waals surface area contributed by atoms with Crippen LogP contribution in [-0.2, 0) is 21.4 Å². The molecule has 0 aliphatic heterocycles. The van der Waals surface area contributed by atoms with Crippen LogP contribution in [0.3, 0.4) is 0 Å². The average molecular weight is 452 g/mol. The first-order valence-corrected chi connectivity index (χ1v) is 10.4. The first kappa shape index (κ1) is 21.7. The van der Waals surface area contributed by atoms with Gasteiger partial charge in [0.25, 0.3) is 0 Å². The van der Waals surface area contributed by atoms with Gasteiger partial charge in [0.05, 0.1) is 17.8 Å². The summed E-state index contributed by atoms with van der Waals surface area (Å²) < 4.78 is 7.16. The molecule has 4 aromatic rings. The third-order valence-electron chi connectivity index (χ3n) is 5.25. The van der Waals surface area contributed by atoms with Gasteiger partial charge in [-0.1, -0.05) is 17.7 Å². The molecule has 4 rings (SSSR count). The van der Waals surface area contributed by atoms with Crippen LogP contribution in [0.5, 0.6) is 0 Å². The second-order valence-electron chi connectivity index (χ2n) is 7.51. The molecule has 1 unspecified atom stereocenters. The van der Waals surface area contributed by atoms with Gasteiger partial charge in [-0.2, -0.15) is 0 Å². The van der Waals surface area contributed by atoms with Crippen molar-refractivity contribution in [2.24, 2.45) is 7.05 Å². The van der Waals surface area contributed by atoms with Gasteiger partial charge in [-0.15, -0.1) is 0 Å². The van der Waals surface area contributed by atoms with Crippen LogP contribution in [0.15, 0.2) is 42.7 Å². The molecule has 0 aliphatic rings. The van der Waals surface area contributed by atoms with Gasteiger partial charge in [-0.3, -0.25) is 14.6 Å². The molecular formula is C23H22ClN5O3. The highest BCUT2D eigenvalue weighted by Crippen LogP contribution is 2.36. The molecule has 1 aromatic carbocycles. The summed E-state index contributed by atoms with van der Waals surface area (Å²) in [5.74, 6) is -1.93. The molecule has 0 fully saturated rings. The van der Waals surface area contributed by atoms with Gasteiger partial charge >= 0.3 is 5.97 Å². The maximum Gasteiger partial charge on any atom is 0.324 e. The number of pyridine rings is 1. The number of carbonyl (C=O) groups is 2. The number of amides is 1. The van der Waals surface area contributed by atoms with E-state index in [1.165, 1.54) is 4.90 Å². The van der Waals surface area contributed by atoms with E-state index in [1.54, 1.807) is 51.6 Å². The Bertz CT molecular complexity index is 1330. The van der Waals surface area contributed by atoms with Crippen molar-refractivity contribution in [3.63, 3.8) is 0 Å². The zero-order valence-electron chi connectivity index (χ0n) is 18.2. The van der Waals surface area contributed by atoms with Crippen LogP contribution >= 0.6 is 11.6 Å². The molecule has 0 bridgehead atoms. The van der Waals surface area contributed by atoms with Crippen LogP contribution in [0.2, 0.25) is 5.02 Å². The predicted molar refractivity (Wildman–Crippen MR) is 122 cm³/mol. The number of benzene rings is 1. The molecule has 9 heteroatoms. The van der Waals surface area contributed by atoms with E-state index in [9.17, 15) is 9.59 Å². The summed E-state index contributed by atoms with van der Waals surface area (Å²) in [6, 6.07) is 8.98. The second kappa shape index (κ2) is 8.55. The fraction of sp³-hybridized carbons (Fsp3) is 0.261. The summed E-state index contributed by atoms with van der Waals surface area (Å²) >= 11 is 6.24. The summed E-state index contributed by atoms with van der Waals surface area (Å²) in [5, 5.41) is 1.98. The number of fused-ring (bicyclic) bond motifs is 3. The van der Waals surface area contributed by atoms with Crippen molar-refractivity contribution in [2.45, 2.75) is 12.8 Å². The third kappa shape index (κ3) is 3.67. The highest BCUT2D eigenvalue weighted by Gasteiger charge is 2.36. The van der Waals surface area contributed by atoms with Gasteiger partial charge in [-0.05, 0) is 31.2 Å². The lowest BCUT2D eigenvalue weighted by molar-refractivity contribution is -0.150. The molecule has 32 heavy (non-hydrogen) atoms. The second-order valence-corrected chi connectivity index (χ2v) is 7.94. The number of carbonyl (C=O) groups excluding carboxylic acids is 2. The minimum absolute atomic E-state index is 0.145. The summed E-state index contributed by atoms with van der Waals surface area (Å²) in [7, 11) is 5.06.